The molecular weight excluding hydrogens is 272 g/mol. The molecule has 110 valence electrons. The van der Waals surface area contributed by atoms with E-state index in [0.29, 0.717) is 0 Å². The summed E-state index contributed by atoms with van der Waals surface area (Å²) in [6.45, 7) is 2.10. The third kappa shape index (κ3) is 3.23. The Morgan fingerprint density at radius 3 is 2.59 bits per heavy atom. The van der Waals surface area contributed by atoms with Crippen molar-refractivity contribution in [1.29, 1.82) is 0 Å². The number of nitrogens with two attached hydrogens (primary N) is 1. The van der Waals surface area contributed by atoms with Gasteiger partial charge in [-0.25, -0.2) is 4.98 Å². The Hall–Kier alpha value is -2.88. The molecule has 0 aliphatic carbocycles. The molecule has 0 bridgehead atoms. The van der Waals surface area contributed by atoms with E-state index < -0.39 is 0 Å². The van der Waals surface area contributed by atoms with Crippen molar-refractivity contribution in [2.24, 2.45) is 0 Å². The first-order valence-corrected chi connectivity index (χ1v) is 7.22. The van der Waals surface area contributed by atoms with E-state index in [4.69, 9.17) is 5.73 Å². The zero-order valence-corrected chi connectivity index (χ0v) is 12.4. The molecular formula is C18H18N4. The summed E-state index contributed by atoms with van der Waals surface area (Å²) in [4.78, 5) is 8.89. The third-order valence-corrected chi connectivity index (χ3v) is 3.48. The van der Waals surface area contributed by atoms with Gasteiger partial charge in [-0.05, 0) is 24.6 Å². The van der Waals surface area contributed by atoms with Crippen molar-refractivity contribution in [2.45, 2.75) is 13.0 Å². The Morgan fingerprint density at radius 2 is 1.82 bits per heavy atom. The molecule has 3 rings (SSSR count). The lowest BCUT2D eigenvalue weighted by atomic mass is 10.1. The first-order valence-electron chi connectivity index (χ1n) is 7.22. The predicted molar refractivity (Wildman–Crippen MR) is 90.4 cm³/mol. The summed E-state index contributed by atoms with van der Waals surface area (Å²) >= 11 is 0. The van der Waals surface area contributed by atoms with Crippen molar-refractivity contribution < 1.29 is 0 Å². The number of nitrogens with zero attached hydrogens (tertiary/aromatic N) is 2. The van der Waals surface area contributed by atoms with Crippen LogP contribution in [0.25, 0.3) is 11.3 Å². The molecule has 0 fully saturated rings. The minimum Gasteiger partial charge on any atom is -0.399 e. The van der Waals surface area contributed by atoms with Gasteiger partial charge in [0, 0.05) is 17.3 Å². The maximum atomic E-state index is 5.83. The van der Waals surface area contributed by atoms with E-state index in [1.165, 1.54) is 5.56 Å². The smallest absolute Gasteiger partial charge is 0.145 e. The second kappa shape index (κ2) is 6.26. The Balaban J connectivity index is 1.83. The fourth-order valence-corrected chi connectivity index (χ4v) is 2.32. The van der Waals surface area contributed by atoms with Crippen LogP contribution in [0.15, 0.2) is 67.0 Å². The van der Waals surface area contributed by atoms with Gasteiger partial charge in [0.25, 0.3) is 0 Å². The van der Waals surface area contributed by atoms with Gasteiger partial charge in [-0.1, -0.05) is 42.5 Å². The number of hydrogen-bond donors (Lipinski definition) is 2. The number of rotatable bonds is 4. The fraction of sp³-hybridized carbons (Fsp3) is 0.111. The highest BCUT2D eigenvalue weighted by atomic mass is 15.0. The molecule has 3 N–H and O–H groups in total. The van der Waals surface area contributed by atoms with E-state index in [9.17, 15) is 0 Å². The van der Waals surface area contributed by atoms with Crippen molar-refractivity contribution >= 4 is 11.5 Å². The molecule has 2 aromatic carbocycles. The fourth-order valence-electron chi connectivity index (χ4n) is 2.32. The molecule has 4 nitrogen and oxygen atoms in total. The zero-order valence-electron chi connectivity index (χ0n) is 12.4. The van der Waals surface area contributed by atoms with Gasteiger partial charge in [0.15, 0.2) is 0 Å². The summed E-state index contributed by atoms with van der Waals surface area (Å²) in [7, 11) is 0. The van der Waals surface area contributed by atoms with Crippen LogP contribution in [0.3, 0.4) is 0 Å². The summed E-state index contributed by atoms with van der Waals surface area (Å²) in [5, 5.41) is 3.38. The van der Waals surface area contributed by atoms with Gasteiger partial charge in [0.1, 0.15) is 5.82 Å². The van der Waals surface area contributed by atoms with Gasteiger partial charge in [0.2, 0.25) is 0 Å². The topological polar surface area (TPSA) is 63.8 Å². The maximum Gasteiger partial charge on any atom is 0.145 e. The van der Waals surface area contributed by atoms with Crippen LogP contribution in [0, 0.1) is 0 Å². The maximum absolute atomic E-state index is 5.83. The van der Waals surface area contributed by atoms with Crippen LogP contribution < -0.4 is 11.1 Å². The number of nitrogens with one attached hydrogen (secondary N) is 1. The Morgan fingerprint density at radius 1 is 1.00 bits per heavy atom. The number of benzene rings is 2. The van der Waals surface area contributed by atoms with Gasteiger partial charge in [-0.3, -0.25) is 4.98 Å². The lowest BCUT2D eigenvalue weighted by molar-refractivity contribution is 0.872. The van der Waals surface area contributed by atoms with Crippen LogP contribution in [-0.4, -0.2) is 9.97 Å². The monoisotopic (exact) mass is 290 g/mol. The van der Waals surface area contributed by atoms with Crippen LogP contribution in [-0.2, 0) is 0 Å². The van der Waals surface area contributed by atoms with Crippen LogP contribution in [0.1, 0.15) is 18.5 Å². The minimum atomic E-state index is 0.159. The molecule has 4 heteroatoms. The van der Waals surface area contributed by atoms with E-state index in [2.05, 4.69) is 34.3 Å². The molecule has 0 unspecified atom stereocenters. The average molecular weight is 290 g/mol. The molecule has 1 atom stereocenters. The Kier molecular flexibility index (Phi) is 4.01. The van der Waals surface area contributed by atoms with Crippen molar-refractivity contribution in [2.75, 3.05) is 11.1 Å². The number of anilines is 2. The quantitative estimate of drug-likeness (QED) is 0.715. The SMILES string of the molecule is C[C@@H](Nc1cncc(-c2cccc(N)c2)n1)c1ccccc1. The van der Waals surface area contributed by atoms with Crippen molar-refractivity contribution in [3.63, 3.8) is 0 Å². The predicted octanol–water partition coefficient (Wildman–Crippen LogP) is 3.90. The van der Waals surface area contributed by atoms with Crippen molar-refractivity contribution in [3.05, 3.63) is 72.6 Å². The van der Waals surface area contributed by atoms with Gasteiger partial charge >= 0.3 is 0 Å². The van der Waals surface area contributed by atoms with Gasteiger partial charge in [-0.15, -0.1) is 0 Å². The third-order valence-electron chi connectivity index (χ3n) is 3.48. The molecule has 0 aliphatic heterocycles. The van der Waals surface area contributed by atoms with E-state index in [0.717, 1.165) is 22.8 Å². The van der Waals surface area contributed by atoms with Crippen LogP contribution in [0.4, 0.5) is 11.5 Å². The van der Waals surface area contributed by atoms with Gasteiger partial charge in [0.05, 0.1) is 18.1 Å². The summed E-state index contributed by atoms with van der Waals surface area (Å²) in [5.41, 5.74) is 9.52. The second-order valence-electron chi connectivity index (χ2n) is 5.19. The first-order chi connectivity index (χ1) is 10.7. The molecule has 3 aromatic rings. The molecule has 1 heterocycles. The summed E-state index contributed by atoms with van der Waals surface area (Å²) in [6.07, 6.45) is 3.47. The zero-order chi connectivity index (χ0) is 15.4. The highest BCUT2D eigenvalue weighted by Gasteiger charge is 2.07. The summed E-state index contributed by atoms with van der Waals surface area (Å²) < 4.78 is 0. The lowest BCUT2D eigenvalue weighted by Gasteiger charge is -2.15. The Bertz CT molecular complexity index is 756. The van der Waals surface area contributed by atoms with Gasteiger partial charge in [-0.2, -0.15) is 0 Å². The van der Waals surface area contributed by atoms with Crippen LogP contribution >= 0.6 is 0 Å². The van der Waals surface area contributed by atoms with Crippen molar-refractivity contribution in [3.8, 4) is 11.3 Å². The molecule has 0 radical (unpaired) electrons. The molecule has 0 aliphatic rings. The van der Waals surface area contributed by atoms with Crippen LogP contribution in [0.5, 0.6) is 0 Å². The highest BCUT2D eigenvalue weighted by molar-refractivity contribution is 5.64. The number of aromatic nitrogens is 2. The first kappa shape index (κ1) is 14.1. The number of hydrogen-bond acceptors (Lipinski definition) is 4. The van der Waals surface area contributed by atoms with Crippen LogP contribution in [0.2, 0.25) is 0 Å². The number of nitrogen functional groups attached to an aromatic ring is 1. The molecule has 0 saturated carbocycles. The lowest BCUT2D eigenvalue weighted by Crippen LogP contribution is -2.08. The Labute approximate surface area is 130 Å². The van der Waals surface area contributed by atoms with E-state index in [-0.39, 0.29) is 6.04 Å². The average Bonchev–Trinajstić information content (AvgIpc) is 2.56. The van der Waals surface area contributed by atoms with E-state index >= 15 is 0 Å². The molecule has 22 heavy (non-hydrogen) atoms. The second-order valence-corrected chi connectivity index (χ2v) is 5.19. The van der Waals surface area contributed by atoms with E-state index in [1.54, 1.807) is 12.4 Å². The van der Waals surface area contributed by atoms with E-state index in [1.807, 2.05) is 42.5 Å². The molecule has 0 amide bonds. The van der Waals surface area contributed by atoms with Crippen molar-refractivity contribution in [1.82, 2.24) is 9.97 Å². The highest BCUT2D eigenvalue weighted by Crippen LogP contribution is 2.22. The molecule has 1 aromatic heterocycles. The summed E-state index contributed by atoms with van der Waals surface area (Å²) in [5.74, 6) is 0.747. The summed E-state index contributed by atoms with van der Waals surface area (Å²) in [6, 6.07) is 18.1. The standard InChI is InChI=1S/C18H18N4/c1-13(14-6-3-2-4-7-14)21-18-12-20-11-17(22-18)15-8-5-9-16(19)10-15/h2-13H,19H2,1H3,(H,21,22)/t13-/m1/s1. The largest absolute Gasteiger partial charge is 0.399 e. The van der Waals surface area contributed by atoms with Gasteiger partial charge < -0.3 is 11.1 Å². The normalized spacial score (nSPS) is 11.9. The molecule has 0 saturated heterocycles. The minimum absolute atomic E-state index is 0.159. The molecule has 0 spiro atoms.